The number of amides is 1. The maximum atomic E-state index is 11.8. The minimum atomic E-state index is -2.91. The summed E-state index contributed by atoms with van der Waals surface area (Å²) in [7, 11) is -2.91. The molecule has 5 nitrogen and oxygen atoms in total. The van der Waals surface area contributed by atoms with E-state index in [1.807, 2.05) is 0 Å². The van der Waals surface area contributed by atoms with E-state index in [1.54, 1.807) is 0 Å². The van der Waals surface area contributed by atoms with E-state index in [0.717, 1.165) is 19.5 Å². The second-order valence-corrected chi connectivity index (χ2v) is 7.88. The maximum Gasteiger partial charge on any atom is 0.234 e. The predicted molar refractivity (Wildman–Crippen MR) is 70.0 cm³/mol. The van der Waals surface area contributed by atoms with Gasteiger partial charge in [-0.2, -0.15) is 0 Å². The fourth-order valence-electron chi connectivity index (χ4n) is 2.82. The summed E-state index contributed by atoms with van der Waals surface area (Å²) in [5, 5.41) is 2.84. The van der Waals surface area contributed by atoms with Gasteiger partial charge in [0.2, 0.25) is 5.91 Å². The average Bonchev–Trinajstić information content (AvgIpc) is 2.57. The van der Waals surface area contributed by atoms with Crippen LogP contribution in [-0.2, 0) is 14.6 Å². The van der Waals surface area contributed by atoms with Crippen molar-refractivity contribution in [1.29, 1.82) is 0 Å². The Hall–Kier alpha value is -0.620. The highest BCUT2D eigenvalue weighted by Gasteiger charge is 2.29. The number of hydrogen-bond donors (Lipinski definition) is 1. The number of rotatable bonds is 3. The average molecular weight is 274 g/mol. The van der Waals surface area contributed by atoms with Crippen molar-refractivity contribution >= 4 is 15.7 Å². The van der Waals surface area contributed by atoms with Gasteiger partial charge in [-0.05, 0) is 31.7 Å². The largest absolute Gasteiger partial charge is 0.351 e. The van der Waals surface area contributed by atoms with Gasteiger partial charge in [0.05, 0.1) is 18.1 Å². The third kappa shape index (κ3) is 3.95. The van der Waals surface area contributed by atoms with Crippen LogP contribution in [0.2, 0.25) is 0 Å². The van der Waals surface area contributed by atoms with E-state index in [4.69, 9.17) is 0 Å². The molecule has 2 saturated heterocycles. The number of carbonyl (C=O) groups is 1. The molecule has 0 spiro atoms. The maximum absolute atomic E-state index is 11.8. The van der Waals surface area contributed by atoms with Crippen LogP contribution in [0.1, 0.15) is 26.2 Å². The van der Waals surface area contributed by atoms with Crippen LogP contribution in [0.5, 0.6) is 0 Å². The molecule has 2 heterocycles. The smallest absolute Gasteiger partial charge is 0.234 e. The van der Waals surface area contributed by atoms with Crippen molar-refractivity contribution in [3.05, 3.63) is 0 Å². The number of sulfone groups is 1. The molecule has 0 aromatic heterocycles. The molecule has 0 radical (unpaired) electrons. The predicted octanol–water partition coefficient (Wildman–Crippen LogP) is 0.0216. The first-order valence-corrected chi connectivity index (χ1v) is 8.49. The van der Waals surface area contributed by atoms with Gasteiger partial charge in [0.25, 0.3) is 0 Å². The molecule has 0 aromatic rings. The van der Waals surface area contributed by atoms with E-state index in [0.29, 0.717) is 18.9 Å². The summed E-state index contributed by atoms with van der Waals surface area (Å²) in [5.74, 6) is 0.929. The third-order valence-corrected chi connectivity index (χ3v) is 5.47. The Morgan fingerprint density at radius 3 is 2.78 bits per heavy atom. The van der Waals surface area contributed by atoms with Gasteiger partial charge in [-0.3, -0.25) is 9.69 Å². The SMILES string of the molecule is CC1CCCN(CC(=O)NC2CCS(=O)(=O)C2)C1. The first kappa shape index (κ1) is 13.8. The fraction of sp³-hybridized carbons (Fsp3) is 0.917. The topological polar surface area (TPSA) is 66.5 Å². The molecule has 1 N–H and O–H groups in total. The molecule has 6 heteroatoms. The van der Waals surface area contributed by atoms with Crippen molar-refractivity contribution in [2.45, 2.75) is 32.2 Å². The lowest BCUT2D eigenvalue weighted by molar-refractivity contribution is -0.123. The Kier molecular flexibility index (Phi) is 4.27. The first-order chi connectivity index (χ1) is 8.44. The van der Waals surface area contributed by atoms with Crippen LogP contribution < -0.4 is 5.32 Å². The number of carbonyl (C=O) groups excluding carboxylic acids is 1. The Labute approximate surface area is 109 Å². The van der Waals surface area contributed by atoms with E-state index in [2.05, 4.69) is 17.1 Å². The number of likely N-dealkylation sites (tertiary alicyclic amines) is 1. The zero-order chi connectivity index (χ0) is 13.2. The minimum absolute atomic E-state index is 0.0359. The van der Waals surface area contributed by atoms with Gasteiger partial charge in [0.1, 0.15) is 0 Å². The summed E-state index contributed by atoms with van der Waals surface area (Å²) in [6.45, 7) is 4.55. The zero-order valence-electron chi connectivity index (χ0n) is 10.9. The summed E-state index contributed by atoms with van der Waals surface area (Å²) in [6, 6.07) is -0.176. The molecule has 104 valence electrons. The van der Waals surface area contributed by atoms with Crippen LogP contribution in [0.4, 0.5) is 0 Å². The summed E-state index contributed by atoms with van der Waals surface area (Å²) < 4.78 is 22.6. The molecule has 2 atom stereocenters. The van der Waals surface area contributed by atoms with Gasteiger partial charge < -0.3 is 5.32 Å². The molecule has 2 rings (SSSR count). The lowest BCUT2D eigenvalue weighted by Crippen LogP contribution is -2.45. The molecule has 2 aliphatic heterocycles. The van der Waals surface area contributed by atoms with Crippen LogP contribution in [0.15, 0.2) is 0 Å². The van der Waals surface area contributed by atoms with Crippen molar-refractivity contribution < 1.29 is 13.2 Å². The Bertz CT molecular complexity index is 408. The van der Waals surface area contributed by atoms with Crippen LogP contribution >= 0.6 is 0 Å². The van der Waals surface area contributed by atoms with Crippen LogP contribution in [0.3, 0.4) is 0 Å². The van der Waals surface area contributed by atoms with Crippen molar-refractivity contribution in [1.82, 2.24) is 10.2 Å². The van der Waals surface area contributed by atoms with Gasteiger partial charge in [0.15, 0.2) is 9.84 Å². The molecule has 2 aliphatic rings. The lowest BCUT2D eigenvalue weighted by atomic mass is 10.0. The van der Waals surface area contributed by atoms with Crippen LogP contribution in [-0.4, -0.2) is 56.4 Å². The summed E-state index contributed by atoms with van der Waals surface area (Å²) in [4.78, 5) is 14.0. The van der Waals surface area contributed by atoms with E-state index in [-0.39, 0.29) is 23.5 Å². The zero-order valence-corrected chi connectivity index (χ0v) is 11.7. The number of hydrogen-bond acceptors (Lipinski definition) is 4. The van der Waals surface area contributed by atoms with Gasteiger partial charge in [-0.1, -0.05) is 6.92 Å². The van der Waals surface area contributed by atoms with E-state index in [1.165, 1.54) is 6.42 Å². The summed E-state index contributed by atoms with van der Waals surface area (Å²) >= 11 is 0. The molecular weight excluding hydrogens is 252 g/mol. The van der Waals surface area contributed by atoms with E-state index < -0.39 is 9.84 Å². The highest BCUT2D eigenvalue weighted by atomic mass is 32.2. The number of nitrogens with zero attached hydrogens (tertiary/aromatic N) is 1. The van der Waals surface area contributed by atoms with Crippen molar-refractivity contribution in [3.63, 3.8) is 0 Å². The van der Waals surface area contributed by atoms with Crippen molar-refractivity contribution in [3.8, 4) is 0 Å². The molecule has 2 fully saturated rings. The monoisotopic (exact) mass is 274 g/mol. The first-order valence-electron chi connectivity index (χ1n) is 6.67. The van der Waals surface area contributed by atoms with Crippen LogP contribution in [0, 0.1) is 5.92 Å². The minimum Gasteiger partial charge on any atom is -0.351 e. The standard InChI is InChI=1S/C12H22N2O3S/c1-10-3-2-5-14(7-10)8-12(15)13-11-4-6-18(16,17)9-11/h10-11H,2-9H2,1H3,(H,13,15). The highest BCUT2D eigenvalue weighted by Crippen LogP contribution is 2.15. The van der Waals surface area contributed by atoms with Gasteiger partial charge in [-0.15, -0.1) is 0 Å². The molecule has 1 amide bonds. The molecule has 0 aliphatic carbocycles. The van der Waals surface area contributed by atoms with Crippen molar-refractivity contribution in [2.75, 3.05) is 31.1 Å². The summed E-state index contributed by atoms with van der Waals surface area (Å²) in [5.41, 5.74) is 0. The fourth-order valence-corrected chi connectivity index (χ4v) is 4.49. The quantitative estimate of drug-likeness (QED) is 0.788. The Balaban J connectivity index is 1.75. The lowest BCUT2D eigenvalue weighted by Gasteiger charge is -2.30. The normalized spacial score (nSPS) is 32.3. The molecule has 2 unspecified atom stereocenters. The van der Waals surface area contributed by atoms with Gasteiger partial charge in [0, 0.05) is 12.6 Å². The molecule has 0 bridgehead atoms. The third-order valence-electron chi connectivity index (χ3n) is 3.71. The van der Waals surface area contributed by atoms with Gasteiger partial charge >= 0.3 is 0 Å². The summed E-state index contributed by atoms with van der Waals surface area (Å²) in [6.07, 6.45) is 2.94. The van der Waals surface area contributed by atoms with E-state index >= 15 is 0 Å². The second-order valence-electron chi connectivity index (χ2n) is 5.65. The van der Waals surface area contributed by atoms with Crippen LogP contribution in [0.25, 0.3) is 0 Å². The molecule has 0 aromatic carbocycles. The van der Waals surface area contributed by atoms with Crippen molar-refractivity contribution in [2.24, 2.45) is 5.92 Å². The highest BCUT2D eigenvalue weighted by molar-refractivity contribution is 7.91. The molecular formula is C12H22N2O3S. The molecule has 18 heavy (non-hydrogen) atoms. The number of piperidine rings is 1. The van der Waals surface area contributed by atoms with E-state index in [9.17, 15) is 13.2 Å². The number of nitrogens with one attached hydrogen (secondary N) is 1. The molecule has 0 saturated carbocycles. The van der Waals surface area contributed by atoms with Gasteiger partial charge in [-0.25, -0.2) is 8.42 Å². The Morgan fingerprint density at radius 1 is 1.39 bits per heavy atom. The second kappa shape index (κ2) is 5.57. The Morgan fingerprint density at radius 2 is 2.17 bits per heavy atom.